The number of hydrogen-bond acceptors (Lipinski definition) is 17. The van der Waals surface area contributed by atoms with Crippen molar-refractivity contribution in [1.82, 2.24) is 19.5 Å². The van der Waals surface area contributed by atoms with Crippen LogP contribution < -0.4 is 16.0 Å². The highest BCUT2D eigenvalue weighted by Crippen LogP contribution is 2.61. The van der Waals surface area contributed by atoms with Crippen molar-refractivity contribution < 1.29 is 85.3 Å². The average Bonchev–Trinajstić information content (AvgIpc) is 3.64. The van der Waals surface area contributed by atoms with Crippen LogP contribution in [0.3, 0.4) is 0 Å². The first-order valence-corrected chi connectivity index (χ1v) is 17.9. The van der Waals surface area contributed by atoms with Crippen molar-refractivity contribution in [3.63, 3.8) is 0 Å². The van der Waals surface area contributed by atoms with Crippen molar-refractivity contribution in [2.24, 2.45) is 5.73 Å². The number of imidazole rings is 1. The molecular weight excluding hydrogens is 715 g/mol. The fourth-order valence-corrected chi connectivity index (χ4v) is 7.47. The van der Waals surface area contributed by atoms with Crippen LogP contribution in [0.5, 0.6) is 0 Å². The molecule has 0 bridgehead atoms. The summed E-state index contributed by atoms with van der Waals surface area (Å²) in [6.45, 7) is -2.03. The number of pyridine rings is 1. The number of anilines is 1. The van der Waals surface area contributed by atoms with Crippen LogP contribution in [0.25, 0.3) is 11.2 Å². The topological polar surface area (TPSA) is 365 Å². The smallest absolute Gasteiger partial charge is 0.387 e. The standard InChI is InChI=1S/C21H28N7O17P3/c22-17-12-19(25-7-24-17)28(8-26-12)20-15(31)13(29)10(42-20)5-40-47(36,37)45-48(38,39)41-6-11-14(30)16(44-46(33,34)35)21(43-11)27-3-1-2-9(4-27)18(23)32/h1-4,7-8,10-11,13-16,20-21,29-31H,5-6H2,(H7-,22,23,24,25,32,33,34,35,36,37,38,39)/p+1/t10-,11-,13+,14+,15?,16?,20?,21?/m1/s1. The van der Waals surface area contributed by atoms with Crippen LogP contribution >= 0.6 is 23.5 Å². The Balaban J connectivity index is 1.20. The minimum atomic E-state index is -5.52. The lowest BCUT2D eigenvalue weighted by Crippen LogP contribution is -2.47. The lowest BCUT2D eigenvalue weighted by Gasteiger charge is -2.20. The van der Waals surface area contributed by atoms with Gasteiger partial charge in [0.1, 0.15) is 47.9 Å². The lowest BCUT2D eigenvalue weighted by atomic mass is 10.1. The van der Waals surface area contributed by atoms with Gasteiger partial charge in [-0.25, -0.2) is 28.6 Å². The second-order valence-electron chi connectivity index (χ2n) is 10.3. The molecule has 0 saturated carbocycles. The van der Waals surface area contributed by atoms with E-state index in [9.17, 15) is 53.4 Å². The molecule has 2 fully saturated rings. The van der Waals surface area contributed by atoms with Crippen LogP contribution in [-0.2, 0) is 41.1 Å². The SMILES string of the molecule is NC(=O)c1ccc[n+](C2O[C@H](COP(=O)(O)OP(=O)(O)OC[C@H]3OC(n4cnc5c(N)ncnc54)C(O)[C@H]3O)[C@H](O)C2OP(=O)(O)O)c1. The van der Waals surface area contributed by atoms with Crippen LogP contribution in [0.2, 0.25) is 0 Å². The Labute approximate surface area is 267 Å². The summed E-state index contributed by atoms with van der Waals surface area (Å²) in [4.78, 5) is 62.2. The lowest BCUT2D eigenvalue weighted by molar-refractivity contribution is -0.765. The maximum absolute atomic E-state index is 12.5. The van der Waals surface area contributed by atoms with E-state index in [0.717, 1.165) is 17.1 Å². The van der Waals surface area contributed by atoms with Crippen LogP contribution in [-0.4, -0.2) is 110 Å². The second-order valence-corrected chi connectivity index (χ2v) is 14.5. The number of ether oxygens (including phenoxy) is 2. The number of aliphatic hydroxyl groups is 3. The number of carbonyl (C=O) groups excluding carboxylic acids is 1. The van der Waals surface area contributed by atoms with Gasteiger partial charge < -0.3 is 55.8 Å². The highest BCUT2D eigenvalue weighted by molar-refractivity contribution is 7.61. The fourth-order valence-electron chi connectivity index (χ4n) is 4.83. The summed E-state index contributed by atoms with van der Waals surface area (Å²) in [5, 5.41) is 31.6. The molecule has 3 aromatic heterocycles. The minimum Gasteiger partial charge on any atom is -0.387 e. The molecule has 0 radical (unpaired) electrons. The first-order valence-electron chi connectivity index (χ1n) is 13.3. The minimum absolute atomic E-state index is 0.0256. The number of rotatable bonds is 13. The van der Waals surface area contributed by atoms with E-state index in [2.05, 4.69) is 28.3 Å². The molecule has 5 heterocycles. The van der Waals surface area contributed by atoms with Crippen molar-refractivity contribution >= 4 is 46.4 Å². The molecule has 5 rings (SSSR count). The Bertz CT molecular complexity index is 1810. The van der Waals surface area contributed by atoms with Crippen molar-refractivity contribution in [3.8, 4) is 0 Å². The zero-order valence-corrected chi connectivity index (χ0v) is 26.6. The Morgan fingerprint density at radius 1 is 0.958 bits per heavy atom. The van der Waals surface area contributed by atoms with Gasteiger partial charge in [-0.3, -0.25) is 22.9 Å². The number of aliphatic hydroxyl groups excluding tert-OH is 3. The molecule has 10 atom stereocenters. The van der Waals surface area contributed by atoms with Crippen molar-refractivity contribution in [3.05, 3.63) is 42.7 Å². The van der Waals surface area contributed by atoms with E-state index in [0.29, 0.717) is 0 Å². The summed E-state index contributed by atoms with van der Waals surface area (Å²) in [5.41, 5.74) is 11.2. The monoisotopic (exact) mass is 744 g/mol. The van der Waals surface area contributed by atoms with Crippen LogP contribution in [0.4, 0.5) is 5.82 Å². The summed E-state index contributed by atoms with van der Waals surface area (Å²) >= 11 is 0. The summed E-state index contributed by atoms with van der Waals surface area (Å²) in [7, 11) is -16.3. The Morgan fingerprint density at radius 2 is 1.60 bits per heavy atom. The van der Waals surface area contributed by atoms with Gasteiger partial charge in [0.2, 0.25) is 0 Å². The number of nitrogens with two attached hydrogens (primary N) is 2. The maximum atomic E-state index is 12.5. The molecule has 24 nitrogen and oxygen atoms in total. The highest BCUT2D eigenvalue weighted by atomic mass is 31.3. The molecule has 3 aromatic rings. The summed E-state index contributed by atoms with van der Waals surface area (Å²) < 4.78 is 68.3. The van der Waals surface area contributed by atoms with E-state index in [-0.39, 0.29) is 22.5 Å². The van der Waals surface area contributed by atoms with Gasteiger partial charge in [-0.05, 0) is 6.07 Å². The fraction of sp³-hybridized carbons (Fsp3) is 0.476. The van der Waals surface area contributed by atoms with Crippen LogP contribution in [0, 0.1) is 0 Å². The maximum Gasteiger partial charge on any atom is 0.481 e. The number of nitrogen functional groups attached to an aromatic ring is 1. The summed E-state index contributed by atoms with van der Waals surface area (Å²) in [6.07, 6.45) is -8.42. The van der Waals surface area contributed by atoms with E-state index < -0.39 is 91.7 Å². The first kappa shape index (κ1) is 36.4. The van der Waals surface area contributed by atoms with E-state index in [4.69, 9.17) is 25.5 Å². The Kier molecular flexibility index (Phi) is 10.5. The molecule has 264 valence electrons. The predicted octanol–water partition coefficient (Wildman–Crippen LogP) is -2.90. The third kappa shape index (κ3) is 8.12. The molecule has 2 aliphatic rings. The van der Waals surface area contributed by atoms with Gasteiger partial charge in [0.25, 0.3) is 12.1 Å². The molecule has 6 unspecified atom stereocenters. The average molecular weight is 744 g/mol. The molecule has 48 heavy (non-hydrogen) atoms. The van der Waals surface area contributed by atoms with Gasteiger partial charge in [0, 0.05) is 6.07 Å². The highest BCUT2D eigenvalue weighted by Gasteiger charge is 2.53. The number of phosphoric acid groups is 3. The van der Waals surface area contributed by atoms with Gasteiger partial charge in [-0.1, -0.05) is 0 Å². The number of aromatic nitrogens is 5. The zero-order chi connectivity index (χ0) is 35.2. The van der Waals surface area contributed by atoms with Gasteiger partial charge in [-0.15, -0.1) is 0 Å². The van der Waals surface area contributed by atoms with Crippen LogP contribution in [0.1, 0.15) is 22.8 Å². The molecule has 0 aromatic carbocycles. The predicted molar refractivity (Wildman–Crippen MR) is 150 cm³/mol. The summed E-state index contributed by atoms with van der Waals surface area (Å²) in [5.74, 6) is -0.848. The first-order chi connectivity index (χ1) is 22.4. The second kappa shape index (κ2) is 13.8. The van der Waals surface area contributed by atoms with Gasteiger partial charge in [0.05, 0.1) is 19.5 Å². The third-order valence-corrected chi connectivity index (χ3v) is 10.1. The molecule has 1 amide bonds. The number of phosphoric ester groups is 3. The molecule has 2 aliphatic heterocycles. The third-order valence-electron chi connectivity index (χ3n) is 6.98. The molecular formula is C21H29N7O17P3+. The zero-order valence-electron chi connectivity index (χ0n) is 23.9. The molecule has 2 saturated heterocycles. The van der Waals surface area contributed by atoms with Gasteiger partial charge in [-0.2, -0.15) is 8.88 Å². The van der Waals surface area contributed by atoms with Crippen molar-refractivity contribution in [2.45, 2.75) is 49.1 Å². The number of amides is 1. The van der Waals surface area contributed by atoms with E-state index in [1.165, 1.54) is 29.2 Å². The van der Waals surface area contributed by atoms with Gasteiger partial charge >= 0.3 is 23.5 Å². The van der Waals surface area contributed by atoms with Gasteiger partial charge in [0.15, 0.2) is 36.2 Å². The molecule has 27 heteroatoms. The van der Waals surface area contributed by atoms with Crippen molar-refractivity contribution in [2.75, 3.05) is 18.9 Å². The number of carbonyl (C=O) groups is 1. The van der Waals surface area contributed by atoms with Crippen molar-refractivity contribution in [1.29, 1.82) is 0 Å². The van der Waals surface area contributed by atoms with E-state index in [1.807, 2.05) is 0 Å². The largest absolute Gasteiger partial charge is 0.481 e. The molecule has 11 N–H and O–H groups in total. The normalized spacial score (nSPS) is 30.3. The number of fused-ring (bicyclic) bond motifs is 1. The molecule has 0 aliphatic carbocycles. The van der Waals surface area contributed by atoms with E-state index in [1.54, 1.807) is 0 Å². The number of hydrogen-bond donors (Lipinski definition) is 9. The van der Waals surface area contributed by atoms with Crippen LogP contribution in [0.15, 0.2) is 37.2 Å². The Morgan fingerprint density at radius 3 is 2.23 bits per heavy atom. The molecule has 0 spiro atoms. The van der Waals surface area contributed by atoms with E-state index >= 15 is 0 Å². The number of primary amides is 1. The Hall–Kier alpha value is -2.86. The number of nitrogens with zero attached hydrogens (tertiary/aromatic N) is 5. The quantitative estimate of drug-likeness (QED) is 0.0626. The summed E-state index contributed by atoms with van der Waals surface area (Å²) in [6, 6.07) is 2.63.